The van der Waals surface area contributed by atoms with Crippen LogP contribution in [-0.2, 0) is 0 Å². The van der Waals surface area contributed by atoms with Crippen LogP contribution in [-0.4, -0.2) is 0 Å². The van der Waals surface area contributed by atoms with Gasteiger partial charge < -0.3 is 0 Å². The van der Waals surface area contributed by atoms with E-state index in [0.717, 1.165) is 0 Å². The molecule has 0 bridgehead atoms. The molecule has 4 aromatic heterocycles. The zero-order valence-corrected chi connectivity index (χ0v) is 15.7. The first-order chi connectivity index (χ1) is 11.9. The van der Waals surface area contributed by atoms with Gasteiger partial charge >= 0.3 is 0 Å². The van der Waals surface area contributed by atoms with E-state index in [2.05, 4.69) is 60.7 Å². The molecular formula is C20H10S4. The van der Waals surface area contributed by atoms with E-state index >= 15 is 0 Å². The molecular weight excluding hydrogens is 368 g/mol. The van der Waals surface area contributed by atoms with Crippen molar-refractivity contribution in [1.29, 1.82) is 0 Å². The highest BCUT2D eigenvalue weighted by molar-refractivity contribution is 7.46. The van der Waals surface area contributed by atoms with E-state index in [1.54, 1.807) is 0 Å². The first kappa shape index (κ1) is 13.6. The van der Waals surface area contributed by atoms with Gasteiger partial charge in [0.15, 0.2) is 0 Å². The monoisotopic (exact) mass is 378 g/mol. The van der Waals surface area contributed by atoms with Crippen LogP contribution in [0.2, 0.25) is 0 Å². The molecule has 0 aliphatic carbocycles. The zero-order valence-electron chi connectivity index (χ0n) is 12.4. The smallest absolute Gasteiger partial charge is 0.0884 e. The zero-order chi connectivity index (χ0) is 15.7. The summed E-state index contributed by atoms with van der Waals surface area (Å²) < 4.78 is 5.66. The fourth-order valence-corrected chi connectivity index (χ4v) is 8.39. The summed E-state index contributed by atoms with van der Waals surface area (Å²) in [6.45, 7) is 0. The van der Waals surface area contributed by atoms with Crippen molar-refractivity contribution < 1.29 is 0 Å². The van der Waals surface area contributed by atoms with Gasteiger partial charge in [0.25, 0.3) is 0 Å². The average Bonchev–Trinajstić information content (AvgIpc) is 3.31. The lowest BCUT2D eigenvalue weighted by Crippen LogP contribution is -1.63. The molecule has 0 nitrogen and oxygen atoms in total. The molecule has 0 saturated carbocycles. The van der Waals surface area contributed by atoms with Gasteiger partial charge in [-0.3, -0.25) is 0 Å². The molecule has 0 unspecified atom stereocenters. The first-order valence-corrected chi connectivity index (χ1v) is 11.0. The Morgan fingerprint density at radius 3 is 1.42 bits per heavy atom. The summed E-state index contributed by atoms with van der Waals surface area (Å²) in [5.74, 6) is 0. The highest BCUT2D eigenvalue weighted by atomic mass is 32.2. The SMILES string of the molecule is c1ccc2c(c1)sc1sc(-c3cc4c(s3)sc3ccccc34)cc12. The molecule has 6 aromatic rings. The van der Waals surface area contributed by atoms with Crippen LogP contribution >= 0.6 is 45.3 Å². The van der Waals surface area contributed by atoms with Crippen molar-refractivity contribution in [3.8, 4) is 9.75 Å². The number of hydrogen-bond acceptors (Lipinski definition) is 4. The largest absolute Gasteiger partial charge is 0.124 e. The van der Waals surface area contributed by atoms with Crippen molar-refractivity contribution in [2.75, 3.05) is 0 Å². The van der Waals surface area contributed by atoms with Crippen LogP contribution in [0.3, 0.4) is 0 Å². The molecule has 2 aromatic carbocycles. The molecule has 0 aliphatic rings. The first-order valence-electron chi connectivity index (χ1n) is 7.69. The molecule has 0 saturated heterocycles. The lowest BCUT2D eigenvalue weighted by molar-refractivity contribution is 1.87. The van der Waals surface area contributed by atoms with Crippen molar-refractivity contribution >= 4 is 84.3 Å². The molecule has 0 aliphatic heterocycles. The second kappa shape index (κ2) is 4.90. The Kier molecular flexibility index (Phi) is 2.77. The third-order valence-corrected chi connectivity index (χ3v) is 9.42. The maximum absolute atomic E-state index is 2.39. The van der Waals surface area contributed by atoms with Gasteiger partial charge in [-0.05, 0) is 24.3 Å². The summed E-state index contributed by atoms with van der Waals surface area (Å²) in [6.07, 6.45) is 0. The van der Waals surface area contributed by atoms with E-state index in [4.69, 9.17) is 0 Å². The molecule has 0 atom stereocenters. The van der Waals surface area contributed by atoms with Gasteiger partial charge in [-0.25, -0.2) is 0 Å². The van der Waals surface area contributed by atoms with Crippen LogP contribution < -0.4 is 0 Å². The summed E-state index contributed by atoms with van der Waals surface area (Å²) in [4.78, 5) is 2.80. The number of thiophene rings is 4. The predicted molar refractivity (Wildman–Crippen MR) is 113 cm³/mol. The van der Waals surface area contributed by atoms with Gasteiger partial charge in [-0.1, -0.05) is 36.4 Å². The van der Waals surface area contributed by atoms with Gasteiger partial charge in [0, 0.05) is 40.7 Å². The van der Waals surface area contributed by atoms with Crippen LogP contribution in [0.1, 0.15) is 0 Å². The highest BCUT2D eigenvalue weighted by Crippen LogP contribution is 2.47. The van der Waals surface area contributed by atoms with Gasteiger partial charge in [0.2, 0.25) is 0 Å². The molecule has 0 N–H and O–H groups in total. The third-order valence-electron chi connectivity index (χ3n) is 4.40. The van der Waals surface area contributed by atoms with Crippen molar-refractivity contribution in [3.63, 3.8) is 0 Å². The van der Waals surface area contributed by atoms with Crippen LogP contribution in [0.15, 0.2) is 60.7 Å². The number of fused-ring (bicyclic) bond motifs is 6. The molecule has 4 heteroatoms. The summed E-state index contributed by atoms with van der Waals surface area (Å²) in [5.41, 5.74) is 0. The maximum atomic E-state index is 2.39. The third kappa shape index (κ3) is 1.82. The molecule has 6 rings (SSSR count). The highest BCUT2D eigenvalue weighted by Gasteiger charge is 2.14. The fourth-order valence-electron chi connectivity index (χ4n) is 3.27. The Bertz CT molecular complexity index is 1250. The normalized spacial score (nSPS) is 12.2. The summed E-state index contributed by atoms with van der Waals surface area (Å²) in [7, 11) is 0. The molecule has 114 valence electrons. The molecule has 0 fully saturated rings. The maximum Gasteiger partial charge on any atom is 0.0884 e. The lowest BCUT2D eigenvalue weighted by atomic mass is 10.2. The Morgan fingerprint density at radius 2 is 0.917 bits per heavy atom. The second-order valence-corrected chi connectivity index (χ2v) is 10.5. The summed E-state index contributed by atoms with van der Waals surface area (Å²) in [6, 6.07) is 22.2. The second-order valence-electron chi connectivity index (χ2n) is 5.82. The Morgan fingerprint density at radius 1 is 0.458 bits per heavy atom. The molecule has 4 heterocycles. The van der Waals surface area contributed by atoms with E-state index in [1.165, 1.54) is 48.7 Å². The van der Waals surface area contributed by atoms with Crippen molar-refractivity contribution in [2.24, 2.45) is 0 Å². The average molecular weight is 379 g/mol. The predicted octanol–water partition coefficient (Wildman–Crippen LogP) is 8.21. The number of hydrogen-bond donors (Lipinski definition) is 0. The summed E-state index contributed by atoms with van der Waals surface area (Å²) in [5, 5.41) is 5.61. The van der Waals surface area contributed by atoms with Gasteiger partial charge in [-0.15, -0.1) is 45.3 Å². The van der Waals surface area contributed by atoms with E-state index in [9.17, 15) is 0 Å². The minimum Gasteiger partial charge on any atom is -0.124 e. The molecule has 0 radical (unpaired) electrons. The lowest BCUT2D eigenvalue weighted by Gasteiger charge is -1.91. The van der Waals surface area contributed by atoms with Gasteiger partial charge in [0.05, 0.1) is 8.03 Å². The molecule has 0 amide bonds. The van der Waals surface area contributed by atoms with Crippen molar-refractivity contribution in [3.05, 3.63) is 60.7 Å². The van der Waals surface area contributed by atoms with Crippen LogP contribution in [0.25, 0.3) is 48.7 Å². The Labute approximate surface area is 154 Å². The van der Waals surface area contributed by atoms with Gasteiger partial charge in [0.1, 0.15) is 0 Å². The number of benzene rings is 2. The minimum atomic E-state index is 1.39. The van der Waals surface area contributed by atoms with Crippen LogP contribution in [0, 0.1) is 0 Å². The van der Waals surface area contributed by atoms with E-state index in [-0.39, 0.29) is 0 Å². The quantitative estimate of drug-likeness (QED) is 0.270. The molecule has 0 spiro atoms. The fraction of sp³-hybridized carbons (Fsp3) is 0. The minimum absolute atomic E-state index is 1.39. The van der Waals surface area contributed by atoms with E-state index in [1.807, 2.05) is 45.3 Å². The van der Waals surface area contributed by atoms with E-state index < -0.39 is 0 Å². The Balaban J connectivity index is 1.59. The van der Waals surface area contributed by atoms with Crippen LogP contribution in [0.4, 0.5) is 0 Å². The standard InChI is InChI=1S/C20H10S4/c1-3-7-15-11(5-1)13-9-17(23-19(13)21-15)18-10-14-12-6-2-4-8-16(12)22-20(14)24-18/h1-10H. The van der Waals surface area contributed by atoms with Crippen molar-refractivity contribution in [2.45, 2.75) is 0 Å². The van der Waals surface area contributed by atoms with E-state index in [0.29, 0.717) is 0 Å². The van der Waals surface area contributed by atoms with Gasteiger partial charge in [-0.2, -0.15) is 0 Å². The van der Waals surface area contributed by atoms with Crippen LogP contribution in [0.5, 0.6) is 0 Å². The van der Waals surface area contributed by atoms with Crippen molar-refractivity contribution in [1.82, 2.24) is 0 Å². The molecule has 24 heavy (non-hydrogen) atoms. The Hall–Kier alpha value is -1.72. The topological polar surface area (TPSA) is 0 Å². The summed E-state index contributed by atoms with van der Waals surface area (Å²) >= 11 is 7.70. The number of rotatable bonds is 1.